The normalized spacial score (nSPS) is 12.0. The zero-order valence-electron chi connectivity index (χ0n) is 13.8. The summed E-state index contributed by atoms with van der Waals surface area (Å²) in [7, 11) is 0. The van der Waals surface area contributed by atoms with E-state index in [2.05, 4.69) is 39.2 Å². The van der Waals surface area contributed by atoms with Crippen molar-refractivity contribution in [2.24, 2.45) is 0 Å². The summed E-state index contributed by atoms with van der Waals surface area (Å²) in [5.74, 6) is 0. The number of hydrogen-bond donors (Lipinski definition) is 0. The van der Waals surface area contributed by atoms with E-state index in [-0.39, 0.29) is 0 Å². The summed E-state index contributed by atoms with van der Waals surface area (Å²) in [4.78, 5) is 0. The van der Waals surface area contributed by atoms with Gasteiger partial charge in [-0.15, -0.1) is 0 Å². The van der Waals surface area contributed by atoms with Crippen LogP contribution in [0.15, 0.2) is 21.6 Å². The van der Waals surface area contributed by atoms with E-state index in [0.717, 1.165) is 5.09 Å². The van der Waals surface area contributed by atoms with Crippen LogP contribution >= 0.6 is 11.8 Å². The van der Waals surface area contributed by atoms with Crippen molar-refractivity contribution in [1.82, 2.24) is 0 Å². The molecule has 0 saturated carbocycles. The van der Waals surface area contributed by atoms with Crippen molar-refractivity contribution in [3.05, 3.63) is 12.1 Å². The summed E-state index contributed by atoms with van der Waals surface area (Å²) in [6.07, 6.45) is 10.3. The molecule has 3 heteroatoms. The molecule has 0 spiro atoms. The molecule has 0 aromatic carbocycles. The van der Waals surface area contributed by atoms with Gasteiger partial charge in [0.15, 0.2) is 0 Å². The fourth-order valence-electron chi connectivity index (χ4n) is 3.00. The standard InChI is InChI=1S/C5H5OS.3C4H9.Sn/c1-7-5-3-2-4-6-5;3*1-3-4-2;/h2-3H,1H3;3*1,3-4H2,2H3;. The summed E-state index contributed by atoms with van der Waals surface area (Å²) < 4.78 is 12.2. The van der Waals surface area contributed by atoms with Crippen LogP contribution in [0.2, 0.25) is 13.3 Å². The average Bonchev–Trinajstić information content (AvgIpc) is 2.96. The van der Waals surface area contributed by atoms with Gasteiger partial charge in [-0.3, -0.25) is 0 Å². The van der Waals surface area contributed by atoms with Crippen molar-refractivity contribution in [3.8, 4) is 0 Å². The summed E-state index contributed by atoms with van der Waals surface area (Å²) >= 11 is -0.535. The Labute approximate surface area is 134 Å². The minimum absolute atomic E-state index is 1.12. The molecule has 0 aliphatic carbocycles. The Morgan fingerprint density at radius 1 is 0.900 bits per heavy atom. The van der Waals surface area contributed by atoms with E-state index in [0.29, 0.717) is 0 Å². The zero-order valence-corrected chi connectivity index (χ0v) is 17.5. The van der Waals surface area contributed by atoms with Crippen LogP contribution in [0.4, 0.5) is 0 Å². The topological polar surface area (TPSA) is 13.1 Å². The van der Waals surface area contributed by atoms with Crippen LogP contribution in [-0.2, 0) is 0 Å². The monoisotopic (exact) mass is 404 g/mol. The molecule has 0 radical (unpaired) electrons. The third-order valence-corrected chi connectivity index (χ3v) is 19.9. The first kappa shape index (κ1) is 18.5. The Morgan fingerprint density at radius 2 is 1.40 bits per heavy atom. The molecule has 116 valence electrons. The Balaban J connectivity index is 2.97. The summed E-state index contributed by atoms with van der Waals surface area (Å²) in [5.41, 5.74) is 0. The van der Waals surface area contributed by atoms with E-state index in [9.17, 15) is 0 Å². The molecule has 1 nitrogen and oxygen atoms in total. The van der Waals surface area contributed by atoms with E-state index in [1.165, 1.54) is 55.6 Å². The van der Waals surface area contributed by atoms with Gasteiger partial charge in [-0.05, 0) is 0 Å². The third-order valence-electron chi connectivity index (χ3n) is 4.33. The number of rotatable bonds is 11. The quantitative estimate of drug-likeness (QED) is 0.329. The van der Waals surface area contributed by atoms with Crippen molar-refractivity contribution in [3.63, 3.8) is 0 Å². The number of thioether (sulfide) groups is 1. The molecule has 1 aromatic rings. The van der Waals surface area contributed by atoms with E-state index < -0.39 is 18.4 Å². The van der Waals surface area contributed by atoms with Crippen LogP contribution in [0, 0.1) is 0 Å². The van der Waals surface area contributed by atoms with E-state index in [4.69, 9.17) is 4.42 Å². The Kier molecular flexibility index (Phi) is 9.43. The Bertz CT molecular complexity index is 340. The molecule has 20 heavy (non-hydrogen) atoms. The van der Waals surface area contributed by atoms with E-state index in [1.807, 2.05) is 0 Å². The van der Waals surface area contributed by atoms with Crippen molar-refractivity contribution in [2.45, 2.75) is 77.7 Å². The molecular formula is C17H32OSSn. The summed E-state index contributed by atoms with van der Waals surface area (Å²) in [6.45, 7) is 6.98. The molecule has 0 fully saturated rings. The van der Waals surface area contributed by atoms with Crippen molar-refractivity contribution in [1.29, 1.82) is 0 Å². The van der Waals surface area contributed by atoms with Gasteiger partial charge in [0.1, 0.15) is 0 Å². The predicted octanol–water partition coefficient (Wildman–Crippen LogP) is 6.06. The number of hydrogen-bond acceptors (Lipinski definition) is 2. The van der Waals surface area contributed by atoms with Gasteiger partial charge in [0.05, 0.1) is 0 Å². The zero-order chi connectivity index (χ0) is 14.8. The Morgan fingerprint density at radius 3 is 1.75 bits per heavy atom. The second kappa shape index (κ2) is 10.2. The molecule has 0 aliphatic rings. The fraction of sp³-hybridized carbons (Fsp3) is 0.765. The van der Waals surface area contributed by atoms with Crippen LogP contribution < -0.4 is 3.78 Å². The van der Waals surface area contributed by atoms with Gasteiger partial charge in [-0.25, -0.2) is 0 Å². The van der Waals surface area contributed by atoms with Crippen molar-refractivity contribution >= 4 is 33.9 Å². The first-order chi connectivity index (χ1) is 9.72. The maximum absolute atomic E-state index is 6.25. The molecule has 0 atom stereocenters. The van der Waals surface area contributed by atoms with Gasteiger partial charge in [0, 0.05) is 0 Å². The molecular weight excluding hydrogens is 371 g/mol. The van der Waals surface area contributed by atoms with Crippen LogP contribution in [0.25, 0.3) is 0 Å². The summed E-state index contributed by atoms with van der Waals surface area (Å²) in [6, 6.07) is 4.54. The van der Waals surface area contributed by atoms with Gasteiger partial charge >= 0.3 is 134 Å². The second-order valence-electron chi connectivity index (χ2n) is 5.91. The second-order valence-corrected chi connectivity index (χ2v) is 19.7. The van der Waals surface area contributed by atoms with Gasteiger partial charge in [-0.1, -0.05) is 0 Å². The van der Waals surface area contributed by atoms with E-state index in [1.54, 1.807) is 11.8 Å². The maximum atomic E-state index is 6.25. The van der Waals surface area contributed by atoms with E-state index >= 15 is 0 Å². The molecule has 0 saturated heterocycles. The fourth-order valence-corrected chi connectivity index (χ4v) is 18.8. The average molecular weight is 403 g/mol. The number of unbranched alkanes of at least 4 members (excludes halogenated alkanes) is 3. The minimum atomic E-state index is -2.28. The van der Waals surface area contributed by atoms with Crippen molar-refractivity contribution < 1.29 is 4.42 Å². The third kappa shape index (κ3) is 5.32. The molecule has 0 N–H and O–H groups in total. The molecule has 1 heterocycles. The summed E-state index contributed by atoms with van der Waals surface area (Å²) in [5, 5.41) is 1.12. The molecule has 0 aliphatic heterocycles. The number of furan rings is 1. The molecule has 0 unspecified atom stereocenters. The van der Waals surface area contributed by atoms with Gasteiger partial charge in [0.25, 0.3) is 0 Å². The SMILES string of the molecule is CCC[CH2][Sn]([CH2]CCC)([CH2]CCC)[c]1ccc(SC)o1. The molecule has 0 bridgehead atoms. The van der Waals surface area contributed by atoms with Crippen LogP contribution in [0.5, 0.6) is 0 Å². The first-order valence-corrected chi connectivity index (χ1v) is 17.1. The van der Waals surface area contributed by atoms with Crippen LogP contribution in [0.1, 0.15) is 59.3 Å². The predicted molar refractivity (Wildman–Crippen MR) is 95.0 cm³/mol. The molecule has 1 rings (SSSR count). The van der Waals surface area contributed by atoms with Crippen LogP contribution in [-0.4, -0.2) is 24.6 Å². The first-order valence-electron chi connectivity index (χ1n) is 8.36. The molecule has 1 aromatic heterocycles. The van der Waals surface area contributed by atoms with Crippen molar-refractivity contribution in [2.75, 3.05) is 6.26 Å². The van der Waals surface area contributed by atoms with Gasteiger partial charge < -0.3 is 0 Å². The van der Waals surface area contributed by atoms with Gasteiger partial charge in [-0.2, -0.15) is 0 Å². The molecule has 0 amide bonds. The van der Waals surface area contributed by atoms with Crippen LogP contribution in [0.3, 0.4) is 0 Å². The Hall–Kier alpha value is 0.429. The van der Waals surface area contributed by atoms with Gasteiger partial charge in [0.2, 0.25) is 0 Å².